The van der Waals surface area contributed by atoms with Gasteiger partial charge in [0.05, 0.1) is 18.6 Å². The Balaban J connectivity index is 1.99. The molecule has 0 saturated carbocycles. The van der Waals surface area contributed by atoms with Crippen molar-refractivity contribution in [2.75, 3.05) is 20.2 Å². The highest BCUT2D eigenvalue weighted by Crippen LogP contribution is 2.50. The molecule has 2 aliphatic heterocycles. The highest BCUT2D eigenvalue weighted by molar-refractivity contribution is 5.99. The van der Waals surface area contributed by atoms with Crippen LogP contribution in [-0.4, -0.2) is 43.3 Å². The zero-order valence-electron chi connectivity index (χ0n) is 18.7. The van der Waals surface area contributed by atoms with Gasteiger partial charge in [0.2, 0.25) is 5.91 Å². The Hall–Kier alpha value is -3.61. The molecule has 2 unspecified atom stereocenters. The number of amides is 1. The predicted octanol–water partition coefficient (Wildman–Crippen LogP) is 2.70. The van der Waals surface area contributed by atoms with Gasteiger partial charge in [-0.15, -0.1) is 0 Å². The average molecular weight is 466 g/mol. The Morgan fingerprint density at radius 2 is 1.94 bits per heavy atom. The fourth-order valence-corrected chi connectivity index (χ4v) is 4.88. The number of halogens is 2. The lowest BCUT2D eigenvalue weighted by molar-refractivity contribution is -0.115. The van der Waals surface area contributed by atoms with E-state index in [1.807, 2.05) is 11.0 Å². The molecule has 2 aliphatic rings. The van der Waals surface area contributed by atoms with E-state index < -0.39 is 29.1 Å². The van der Waals surface area contributed by atoms with E-state index in [2.05, 4.69) is 0 Å². The van der Waals surface area contributed by atoms with Gasteiger partial charge >= 0.3 is 0 Å². The maximum absolute atomic E-state index is 14.9. The third-order valence-corrected chi connectivity index (χ3v) is 6.57. The number of primary amides is 1. The fourth-order valence-electron chi connectivity index (χ4n) is 4.88. The Bertz CT molecular complexity index is 1210. The number of nitrogens with two attached hydrogens (primary N) is 2. The number of nitrogens with zero attached hydrogens (tertiary/aromatic N) is 3. The topological polar surface area (TPSA) is 118 Å². The molecule has 0 radical (unpaired) electrons. The molecule has 0 spiro atoms. The fraction of sp³-hybridized carbons (Fsp3) is 0.320. The van der Waals surface area contributed by atoms with Crippen LogP contribution in [0, 0.1) is 23.0 Å². The molecule has 2 heterocycles. The predicted molar refractivity (Wildman–Crippen MR) is 123 cm³/mol. The number of dihydropyridines is 1. The summed E-state index contributed by atoms with van der Waals surface area (Å²) in [6.45, 7) is 1.03. The number of aliphatic imine (C=N–C) groups is 1. The van der Waals surface area contributed by atoms with Gasteiger partial charge in [0, 0.05) is 30.9 Å². The lowest BCUT2D eigenvalue weighted by atomic mass is 9.73. The molecule has 2 aromatic carbocycles. The van der Waals surface area contributed by atoms with Crippen molar-refractivity contribution in [2.24, 2.45) is 16.5 Å². The molecule has 0 aliphatic carbocycles. The van der Waals surface area contributed by atoms with E-state index in [9.17, 15) is 18.8 Å². The van der Waals surface area contributed by atoms with E-state index in [4.69, 9.17) is 21.2 Å². The number of methoxy groups -OCH3 is 1. The molecule has 1 fully saturated rings. The lowest BCUT2D eigenvalue weighted by Gasteiger charge is -2.50. The molecule has 4 N–H and O–H groups in total. The molecule has 1 saturated heterocycles. The SMILES string of the molecule is COc1ccc(C2C(C(N)=O)=CC=NC2(c2ccc(C#N)c(F)c2)N2CCC(N)CC2)cc1F. The summed E-state index contributed by atoms with van der Waals surface area (Å²) >= 11 is 0. The van der Waals surface area contributed by atoms with E-state index in [1.165, 1.54) is 43.7 Å². The second kappa shape index (κ2) is 9.33. The van der Waals surface area contributed by atoms with Crippen molar-refractivity contribution in [3.05, 3.63) is 76.4 Å². The van der Waals surface area contributed by atoms with Crippen molar-refractivity contribution < 1.29 is 18.3 Å². The molecule has 0 aromatic heterocycles. The van der Waals surface area contributed by atoms with Gasteiger partial charge in [-0.2, -0.15) is 5.26 Å². The number of piperidine rings is 1. The first-order chi connectivity index (χ1) is 16.3. The highest BCUT2D eigenvalue weighted by Gasteiger charge is 2.51. The van der Waals surface area contributed by atoms with Crippen molar-refractivity contribution in [3.8, 4) is 11.8 Å². The summed E-state index contributed by atoms with van der Waals surface area (Å²) in [5, 5.41) is 9.22. The van der Waals surface area contributed by atoms with Crippen molar-refractivity contribution in [3.63, 3.8) is 0 Å². The Morgan fingerprint density at radius 1 is 1.21 bits per heavy atom. The monoisotopic (exact) mass is 465 g/mol. The molecule has 0 bridgehead atoms. The van der Waals surface area contributed by atoms with Crippen molar-refractivity contribution >= 4 is 12.1 Å². The quantitative estimate of drug-likeness (QED) is 0.704. The maximum atomic E-state index is 14.9. The summed E-state index contributed by atoms with van der Waals surface area (Å²) in [6.07, 6.45) is 4.30. The zero-order chi connectivity index (χ0) is 24.5. The van der Waals surface area contributed by atoms with E-state index in [0.717, 1.165) is 0 Å². The summed E-state index contributed by atoms with van der Waals surface area (Å²) in [5.41, 5.74) is 11.5. The minimum absolute atomic E-state index is 0.00149. The second-order valence-electron chi connectivity index (χ2n) is 8.45. The summed E-state index contributed by atoms with van der Waals surface area (Å²) < 4.78 is 34.7. The summed E-state index contributed by atoms with van der Waals surface area (Å²) in [5.74, 6) is -2.82. The second-order valence-corrected chi connectivity index (χ2v) is 8.45. The van der Waals surface area contributed by atoms with Crippen LogP contribution in [0.2, 0.25) is 0 Å². The number of rotatable bonds is 5. The molecular formula is C25H25F2N5O2. The van der Waals surface area contributed by atoms with Gasteiger partial charge in [-0.25, -0.2) is 8.78 Å². The van der Waals surface area contributed by atoms with E-state index in [0.29, 0.717) is 37.1 Å². The largest absolute Gasteiger partial charge is 0.494 e. The number of allylic oxidation sites excluding steroid dienone is 1. The van der Waals surface area contributed by atoms with Crippen LogP contribution >= 0.6 is 0 Å². The lowest BCUT2D eigenvalue weighted by Crippen LogP contribution is -2.55. The zero-order valence-corrected chi connectivity index (χ0v) is 18.7. The summed E-state index contributed by atoms with van der Waals surface area (Å²) in [4.78, 5) is 19.4. The Morgan fingerprint density at radius 3 is 2.53 bits per heavy atom. The van der Waals surface area contributed by atoms with Crippen LogP contribution in [-0.2, 0) is 10.5 Å². The molecule has 4 rings (SSSR count). The molecule has 9 heteroatoms. The van der Waals surface area contributed by atoms with Gasteiger partial charge in [0.1, 0.15) is 17.5 Å². The molecular weight excluding hydrogens is 440 g/mol. The third kappa shape index (κ3) is 3.95. The van der Waals surface area contributed by atoms with Crippen LogP contribution in [0.5, 0.6) is 5.75 Å². The Kier molecular flexibility index (Phi) is 6.46. The smallest absolute Gasteiger partial charge is 0.245 e. The third-order valence-electron chi connectivity index (χ3n) is 6.57. The van der Waals surface area contributed by atoms with E-state index in [1.54, 1.807) is 12.1 Å². The van der Waals surface area contributed by atoms with E-state index >= 15 is 0 Å². The van der Waals surface area contributed by atoms with Crippen LogP contribution in [0.15, 0.2) is 53.0 Å². The van der Waals surface area contributed by atoms with Crippen molar-refractivity contribution in [1.82, 2.24) is 4.90 Å². The van der Waals surface area contributed by atoms with Crippen LogP contribution in [0.3, 0.4) is 0 Å². The van der Waals surface area contributed by atoms with Gasteiger partial charge in [-0.05, 0) is 54.3 Å². The summed E-state index contributed by atoms with van der Waals surface area (Å²) in [6, 6.07) is 10.5. The molecule has 2 atom stereocenters. The van der Waals surface area contributed by atoms with Gasteiger partial charge in [-0.3, -0.25) is 14.7 Å². The van der Waals surface area contributed by atoms with Gasteiger partial charge < -0.3 is 16.2 Å². The molecule has 7 nitrogen and oxygen atoms in total. The van der Waals surface area contributed by atoms with E-state index in [-0.39, 0.29) is 22.9 Å². The van der Waals surface area contributed by atoms with Crippen LogP contribution in [0.1, 0.15) is 35.4 Å². The first-order valence-electron chi connectivity index (χ1n) is 10.9. The standard InChI is InChI=1S/C25H25F2N5O2/c1-34-22-5-3-15(12-21(22)27)23-19(24(30)33)6-9-31-25(23,32-10-7-18(29)8-11-32)17-4-2-16(14-28)20(26)13-17/h2-6,9,12-13,18,23H,7-8,10-11,29H2,1H3,(H2,30,33). The minimum Gasteiger partial charge on any atom is -0.494 e. The number of carbonyl (C=O) groups is 1. The van der Waals surface area contributed by atoms with Gasteiger partial charge in [-0.1, -0.05) is 12.1 Å². The van der Waals surface area contributed by atoms with Crippen LogP contribution in [0.25, 0.3) is 0 Å². The molecule has 2 aromatic rings. The first-order valence-corrected chi connectivity index (χ1v) is 10.9. The van der Waals surface area contributed by atoms with Gasteiger partial charge in [0.25, 0.3) is 0 Å². The number of nitriles is 1. The molecule has 176 valence electrons. The summed E-state index contributed by atoms with van der Waals surface area (Å²) in [7, 11) is 1.36. The van der Waals surface area contributed by atoms with Gasteiger partial charge in [0.15, 0.2) is 11.6 Å². The highest BCUT2D eigenvalue weighted by atomic mass is 19.1. The van der Waals surface area contributed by atoms with Crippen LogP contribution < -0.4 is 16.2 Å². The molecule has 1 amide bonds. The number of ether oxygens (including phenoxy) is 1. The first kappa shape index (κ1) is 23.5. The normalized spacial score (nSPS) is 23.3. The molecule has 34 heavy (non-hydrogen) atoms. The minimum atomic E-state index is -1.31. The van der Waals surface area contributed by atoms with Crippen molar-refractivity contribution in [2.45, 2.75) is 30.5 Å². The number of hydrogen-bond acceptors (Lipinski definition) is 6. The average Bonchev–Trinajstić information content (AvgIpc) is 2.83. The number of hydrogen-bond donors (Lipinski definition) is 2. The Labute approximate surface area is 196 Å². The maximum Gasteiger partial charge on any atom is 0.245 e. The number of carbonyl (C=O) groups excluding carboxylic acids is 1. The number of likely N-dealkylation sites (tertiary alicyclic amines) is 1. The van der Waals surface area contributed by atoms with Crippen LogP contribution in [0.4, 0.5) is 8.78 Å². The van der Waals surface area contributed by atoms with Crippen molar-refractivity contribution in [1.29, 1.82) is 5.26 Å². The number of benzene rings is 2.